The highest BCUT2D eigenvalue weighted by Crippen LogP contribution is 2.75. The van der Waals surface area contributed by atoms with Gasteiger partial charge in [-0.2, -0.15) is 0 Å². The molecule has 0 N–H and O–H groups in total. The van der Waals surface area contributed by atoms with E-state index < -0.39 is 0 Å². The van der Waals surface area contributed by atoms with Gasteiger partial charge in [0.25, 0.3) is 0 Å². The molecule has 0 aromatic heterocycles. The van der Waals surface area contributed by atoms with E-state index in [1.54, 1.807) is 0 Å². The number of carbonyl (C=O) groups is 2. The van der Waals surface area contributed by atoms with Gasteiger partial charge in [-0.05, 0) is 222 Å². The summed E-state index contributed by atoms with van der Waals surface area (Å²) >= 11 is 0. The molecule has 0 aliphatic heterocycles. The number of esters is 2. The van der Waals surface area contributed by atoms with Crippen molar-refractivity contribution >= 4 is 11.9 Å². The second kappa shape index (κ2) is 14.8. The maximum absolute atomic E-state index is 13.2. The fourth-order valence-electron chi connectivity index (χ4n) is 17.1. The van der Waals surface area contributed by atoms with Crippen LogP contribution in [0.4, 0.5) is 0 Å². The van der Waals surface area contributed by atoms with E-state index in [0.717, 1.165) is 77.0 Å². The van der Waals surface area contributed by atoms with Crippen LogP contribution in [0.25, 0.3) is 0 Å². The summed E-state index contributed by atoms with van der Waals surface area (Å²) < 4.78 is 24.4. The van der Waals surface area contributed by atoms with Crippen molar-refractivity contribution in [1.82, 2.24) is 0 Å². The lowest BCUT2D eigenvalue weighted by Crippen LogP contribution is -2.59. The molecule has 57 heavy (non-hydrogen) atoms. The summed E-state index contributed by atoms with van der Waals surface area (Å²) in [5, 5.41) is 0. The zero-order chi connectivity index (χ0) is 41.6. The smallest absolute Gasteiger partial charge is 0.312 e. The lowest BCUT2D eigenvalue weighted by Gasteiger charge is -2.64. The first kappa shape index (κ1) is 43.4. The van der Waals surface area contributed by atoms with Crippen molar-refractivity contribution in [2.75, 3.05) is 6.61 Å². The van der Waals surface area contributed by atoms with E-state index >= 15 is 0 Å². The van der Waals surface area contributed by atoms with Crippen LogP contribution < -0.4 is 0 Å². The van der Waals surface area contributed by atoms with Gasteiger partial charge in [-0.25, -0.2) is 0 Å². The average molecular weight is 791 g/mol. The fraction of sp³-hybridized carbons (Fsp3) is 0.882. The molecule has 4 bridgehead atoms. The lowest BCUT2D eigenvalue weighted by atomic mass is 9.41. The lowest BCUT2D eigenvalue weighted by molar-refractivity contribution is -0.197. The predicted octanol–water partition coefficient (Wildman–Crippen LogP) is 12.5. The molecule has 6 heteroatoms. The molecular weight excluding hydrogens is 709 g/mol. The minimum Gasteiger partial charge on any atom is -0.466 e. The highest BCUT2D eigenvalue weighted by molar-refractivity contribution is 5.78. The monoisotopic (exact) mass is 791 g/mol. The van der Waals surface area contributed by atoms with Gasteiger partial charge in [0.1, 0.15) is 0 Å². The molecule has 0 heterocycles. The first-order valence-electron chi connectivity index (χ1n) is 23.7. The Morgan fingerprint density at radius 1 is 0.579 bits per heavy atom. The van der Waals surface area contributed by atoms with Crippen LogP contribution in [0.1, 0.15) is 192 Å². The second-order valence-electron chi connectivity index (χ2n) is 23.1. The Morgan fingerprint density at radius 2 is 0.982 bits per heavy atom. The molecule has 0 aromatic carbocycles. The summed E-state index contributed by atoms with van der Waals surface area (Å²) in [7, 11) is 0. The van der Waals surface area contributed by atoms with Crippen LogP contribution in [-0.2, 0) is 28.5 Å². The molecule has 8 saturated carbocycles. The first-order chi connectivity index (χ1) is 26.6. The Morgan fingerprint density at radius 3 is 1.37 bits per heavy atom. The molecule has 2 spiro atoms. The topological polar surface area (TPSA) is 71.1 Å². The molecule has 0 aromatic rings. The molecule has 4 unspecified atom stereocenters. The molecule has 0 saturated heterocycles. The van der Waals surface area contributed by atoms with Gasteiger partial charge >= 0.3 is 11.9 Å². The van der Waals surface area contributed by atoms with Crippen LogP contribution in [0.3, 0.4) is 0 Å². The van der Waals surface area contributed by atoms with Crippen LogP contribution >= 0.6 is 0 Å². The zero-order valence-corrected chi connectivity index (χ0v) is 38.3. The van der Waals surface area contributed by atoms with Crippen LogP contribution in [-0.4, -0.2) is 48.1 Å². The summed E-state index contributed by atoms with van der Waals surface area (Å²) in [6.45, 7) is 33.5. The van der Waals surface area contributed by atoms with Gasteiger partial charge in [0.2, 0.25) is 0 Å². The molecule has 12 atom stereocenters. The third-order valence-electron chi connectivity index (χ3n) is 18.7. The summed E-state index contributed by atoms with van der Waals surface area (Å²) in [5.74, 6) is 2.31. The average Bonchev–Trinajstić information content (AvgIpc) is 3.42. The van der Waals surface area contributed by atoms with Crippen molar-refractivity contribution in [2.45, 2.75) is 221 Å². The minimum absolute atomic E-state index is 0.0379. The van der Waals surface area contributed by atoms with Crippen LogP contribution in [0.5, 0.6) is 0 Å². The van der Waals surface area contributed by atoms with Crippen molar-refractivity contribution in [3.63, 3.8) is 0 Å². The first-order valence-corrected chi connectivity index (χ1v) is 23.7. The summed E-state index contributed by atoms with van der Waals surface area (Å²) in [4.78, 5) is 26.2. The largest absolute Gasteiger partial charge is 0.466 e. The maximum Gasteiger partial charge on any atom is 0.312 e. The Bertz CT molecular complexity index is 1600. The van der Waals surface area contributed by atoms with Gasteiger partial charge in [-0.1, -0.05) is 39.8 Å². The third-order valence-corrected chi connectivity index (χ3v) is 18.7. The van der Waals surface area contributed by atoms with E-state index in [1.165, 1.54) is 49.7 Å². The SMILES string of the molecule is C=C1C[C@@]23CCC4[C@@](C)(CCC[C@@]4(C)C(=O)OC(C)C)C2CC[C@]1(OC(C)C)C3.C=C1C[C@@]23CCC4[C@@](C)(CCC[C@@]4(C)C(=O)OCC)C2CC[C@]1(OC(C)C)C3. The van der Waals surface area contributed by atoms with Crippen molar-refractivity contribution < 1.29 is 28.5 Å². The normalized spacial score (nSPS) is 47.1. The maximum atomic E-state index is 13.2. The van der Waals surface area contributed by atoms with E-state index in [9.17, 15) is 9.59 Å². The van der Waals surface area contributed by atoms with Crippen LogP contribution in [0, 0.1) is 56.2 Å². The number of carbonyl (C=O) groups excluding carboxylic acids is 2. The number of fused-ring (bicyclic) bond motifs is 6. The molecule has 6 nitrogen and oxygen atoms in total. The van der Waals surface area contributed by atoms with Crippen molar-refractivity contribution in [3.8, 4) is 0 Å². The molecule has 0 amide bonds. The van der Waals surface area contributed by atoms with E-state index in [1.807, 2.05) is 20.8 Å². The van der Waals surface area contributed by atoms with Gasteiger partial charge in [0, 0.05) is 0 Å². The van der Waals surface area contributed by atoms with Crippen molar-refractivity contribution in [2.24, 2.45) is 56.2 Å². The Balaban J connectivity index is 0.000000174. The number of rotatable bonds is 8. The number of hydrogen-bond donors (Lipinski definition) is 0. The second-order valence-corrected chi connectivity index (χ2v) is 23.1. The Labute approximate surface area is 347 Å². The van der Waals surface area contributed by atoms with Crippen LogP contribution in [0.2, 0.25) is 0 Å². The quantitative estimate of drug-likeness (QED) is 0.180. The summed E-state index contributed by atoms with van der Waals surface area (Å²) in [6, 6.07) is 0. The fourth-order valence-corrected chi connectivity index (χ4v) is 17.1. The van der Waals surface area contributed by atoms with Gasteiger partial charge in [-0.15, -0.1) is 0 Å². The van der Waals surface area contributed by atoms with Crippen molar-refractivity contribution in [3.05, 3.63) is 24.3 Å². The number of hydrogen-bond acceptors (Lipinski definition) is 6. The highest BCUT2D eigenvalue weighted by Gasteiger charge is 2.70. The molecule has 0 radical (unpaired) electrons. The van der Waals surface area contributed by atoms with E-state index in [-0.39, 0.29) is 63.1 Å². The zero-order valence-electron chi connectivity index (χ0n) is 38.3. The van der Waals surface area contributed by atoms with Crippen molar-refractivity contribution in [1.29, 1.82) is 0 Å². The van der Waals surface area contributed by atoms with E-state index in [2.05, 4.69) is 68.5 Å². The van der Waals surface area contributed by atoms with E-state index in [4.69, 9.17) is 18.9 Å². The molecular formula is C51H82O6. The van der Waals surface area contributed by atoms with Gasteiger partial charge in [-0.3, -0.25) is 9.59 Å². The van der Waals surface area contributed by atoms with Crippen LogP contribution in [0.15, 0.2) is 24.3 Å². The third kappa shape index (κ3) is 6.67. The minimum atomic E-state index is -0.336. The molecule has 8 rings (SSSR count). The standard InChI is InChI=1S/C26H42O3.C25H40O3/c1-17(2)28-22(27)24(7)12-8-11-23(6)20(24)9-13-25-15-19(5)26(16-25,29-18(3)4)14-10-21(23)25;1-7-27-21(26)23(6)12-8-11-22(5)19(23)9-13-24-15-18(4)25(16-24,28-17(2)3)14-10-20(22)24/h17-18,20-21H,5,8-16H2,1-4,6-7H3;17,19-20H,4,7-16H2,1-3,5-6H3/t20?,21?,23-,24-,25-,26+;19?,20?,22-,23-,24-,25+/m11/s1. The number of ether oxygens (including phenoxy) is 4. The van der Waals surface area contributed by atoms with Gasteiger partial charge < -0.3 is 18.9 Å². The molecule has 8 fully saturated rings. The Kier molecular flexibility index (Phi) is 11.2. The molecule has 8 aliphatic carbocycles. The molecule has 8 aliphatic rings. The van der Waals surface area contributed by atoms with Gasteiger partial charge in [0.15, 0.2) is 0 Å². The van der Waals surface area contributed by atoms with E-state index in [0.29, 0.717) is 41.1 Å². The Hall–Kier alpha value is -1.66. The predicted molar refractivity (Wildman–Crippen MR) is 228 cm³/mol. The summed E-state index contributed by atoms with van der Waals surface area (Å²) in [6.07, 6.45) is 21.1. The summed E-state index contributed by atoms with van der Waals surface area (Å²) in [5.41, 5.74) is 2.96. The molecule has 322 valence electrons. The van der Waals surface area contributed by atoms with Gasteiger partial charge in [0.05, 0.1) is 47.0 Å². The highest BCUT2D eigenvalue weighted by atomic mass is 16.5.